The first-order valence-electron chi connectivity index (χ1n) is 18.6. The van der Waals surface area contributed by atoms with Gasteiger partial charge in [-0.25, -0.2) is 33.7 Å². The van der Waals surface area contributed by atoms with Crippen molar-refractivity contribution in [1.29, 1.82) is 0 Å². The van der Waals surface area contributed by atoms with E-state index in [4.69, 9.17) is 15.2 Å². The quantitative estimate of drug-likeness (QED) is 0.0339. The average molecular weight is 1090 g/mol. The zero-order valence-electron chi connectivity index (χ0n) is 38.4. The van der Waals surface area contributed by atoms with Crippen molar-refractivity contribution >= 4 is 114 Å². The van der Waals surface area contributed by atoms with E-state index in [1.807, 2.05) is 0 Å². The summed E-state index contributed by atoms with van der Waals surface area (Å²) in [5.74, 6) is -1.18. The Kier molecular flexibility index (Phi) is 21.9. The number of allylic oxidation sites excluding steroid dienone is 1. The summed E-state index contributed by atoms with van der Waals surface area (Å²) in [5, 5.41) is 28.4. The third-order valence-electron chi connectivity index (χ3n) is 9.54. The molecule has 0 saturated heterocycles. The summed E-state index contributed by atoms with van der Waals surface area (Å²) in [5.41, 5.74) is 6.36. The zero-order chi connectivity index (χ0) is 49.3. The van der Waals surface area contributed by atoms with Crippen molar-refractivity contribution in [3.05, 3.63) is 119 Å². The molecule has 72 heavy (non-hydrogen) atoms. The predicted molar refractivity (Wildman–Crippen MR) is 237 cm³/mol. The maximum absolute atomic E-state index is 13.9. The predicted octanol–water partition coefficient (Wildman–Crippen LogP) is -5.04. The normalized spacial score (nSPS) is 13.4. The van der Waals surface area contributed by atoms with Crippen molar-refractivity contribution in [3.8, 4) is 11.5 Å². The number of benzene rings is 6. The smallest absolute Gasteiger partial charge is 0.744 e. The largest absolute Gasteiger partial charge is 1.00 e. The Balaban J connectivity index is 0.00000342. The number of nitrogens with two attached hydrogens (primary N) is 1. The van der Waals surface area contributed by atoms with Gasteiger partial charge in [0.1, 0.15) is 80.4 Å². The number of rotatable bonds is 14. The molecule has 7 rings (SSSR count). The molecule has 0 aromatic heterocycles. The molecule has 350 valence electrons. The van der Waals surface area contributed by atoms with Gasteiger partial charge in [0.25, 0.3) is 0 Å². The number of anilines is 2. The number of methoxy groups -OCH3 is 2. The number of hydrogen-bond acceptors (Lipinski definition) is 24. The van der Waals surface area contributed by atoms with Crippen LogP contribution in [0, 0.1) is 0 Å². The molecule has 0 amide bonds. The number of azo groups is 3. The van der Waals surface area contributed by atoms with Crippen molar-refractivity contribution in [3.63, 3.8) is 0 Å². The number of nitrogens with zero attached hydrogens (tertiary/aromatic N) is 7. The molecule has 0 heterocycles. The first-order chi connectivity index (χ1) is 32.0. The van der Waals surface area contributed by atoms with E-state index in [0.717, 1.165) is 36.4 Å². The van der Waals surface area contributed by atoms with Gasteiger partial charge in [0, 0.05) is 34.0 Å². The Bertz CT molecular complexity index is 3750. The molecule has 0 atom stereocenters. The molecule has 1 aliphatic rings. The maximum Gasteiger partial charge on any atom is 1.00 e. The fourth-order valence-electron chi connectivity index (χ4n) is 6.38. The van der Waals surface area contributed by atoms with Gasteiger partial charge in [-0.3, -0.25) is 10.2 Å². The summed E-state index contributed by atoms with van der Waals surface area (Å²) in [6.07, 6.45) is 0.805. The standard InChI is InChI=1S/C40H31N9O15S4.4Na/c1-63-34-20-33(47-49-39-37(68(60,61)62)18-27-25(40(39)50)12-13-28(41)38(27)48-42-21-6-5-7-22(16-21)65(51,52)53)35(64-2)19-32(34)46-44-30-15-14-29(24-11-10-23(17-26(24)30)66(54,55)56)43-45-31-8-3-4-9-36(31)67(57,58)59;;;;/h3-20,47H,41H2,1-2H3,(H,51,52,53)(H,54,55,56)(H,57,58,59)(H,60,61,62);;;;/q;4*+1/p-4/b45-43?,46-44?,48-42?,49-39-;;;;. The summed E-state index contributed by atoms with van der Waals surface area (Å²) in [4.78, 5) is 10.9. The minimum atomic E-state index is -5.47. The molecule has 0 spiro atoms. The number of fused-ring (bicyclic) bond motifs is 2. The number of hydrazone groups is 1. The second kappa shape index (κ2) is 25.2. The number of carbonyl (C=O) groups is 1. The van der Waals surface area contributed by atoms with E-state index in [1.54, 1.807) is 0 Å². The Morgan fingerprint density at radius 2 is 1.14 bits per heavy atom. The van der Waals surface area contributed by atoms with Gasteiger partial charge in [-0.2, -0.15) is 10.2 Å². The van der Waals surface area contributed by atoms with Gasteiger partial charge in [0.05, 0.1) is 56.6 Å². The molecule has 0 unspecified atom stereocenters. The Morgan fingerprint density at radius 1 is 0.542 bits per heavy atom. The van der Waals surface area contributed by atoms with Crippen LogP contribution in [0.1, 0.15) is 15.9 Å². The SMILES string of the molecule is COc1cc(N/N=C2\C(=O)c3ccc(N)c(N=Nc4cccc(S(=O)(=O)[O-])c4)c3C=C2S(=O)(=O)[O-])c(OC)cc1N=Nc1ccc(N=Nc2ccccc2S(=O)(=O)[O-])c2ccc(S(=O)(=O)[O-])cc12.[Na+].[Na+].[Na+].[Na+]. The van der Waals surface area contributed by atoms with Crippen LogP contribution in [0.2, 0.25) is 0 Å². The molecule has 0 fully saturated rings. The Labute approximate surface area is 498 Å². The second-order valence-electron chi connectivity index (χ2n) is 13.8. The van der Waals surface area contributed by atoms with E-state index in [9.17, 15) is 56.7 Å². The molecule has 1 aliphatic carbocycles. The number of carbonyl (C=O) groups excluding carboxylic acids is 1. The van der Waals surface area contributed by atoms with Crippen LogP contribution in [0.5, 0.6) is 11.5 Å². The number of ketones is 1. The van der Waals surface area contributed by atoms with E-state index < -0.39 is 71.6 Å². The molecular formula is C40H27N9Na4O15S4. The van der Waals surface area contributed by atoms with Gasteiger partial charge >= 0.3 is 118 Å². The van der Waals surface area contributed by atoms with Crippen LogP contribution >= 0.6 is 0 Å². The van der Waals surface area contributed by atoms with Gasteiger partial charge < -0.3 is 33.4 Å². The summed E-state index contributed by atoms with van der Waals surface area (Å²) in [6, 6.07) is 20.4. The summed E-state index contributed by atoms with van der Waals surface area (Å²) >= 11 is 0. The minimum absolute atomic E-state index is 0. The molecule has 24 nitrogen and oxygen atoms in total. The molecule has 6 aromatic rings. The topological polar surface area (TPSA) is 389 Å². The number of nitrogen functional groups attached to an aromatic ring is 1. The molecule has 0 bridgehead atoms. The molecule has 0 radical (unpaired) electrons. The van der Waals surface area contributed by atoms with Crippen LogP contribution in [0.15, 0.2) is 159 Å². The second-order valence-corrected chi connectivity index (χ2v) is 19.2. The third kappa shape index (κ3) is 14.4. The van der Waals surface area contributed by atoms with Crippen LogP contribution in [0.25, 0.3) is 16.8 Å². The number of ether oxygens (including phenoxy) is 2. The van der Waals surface area contributed by atoms with E-state index in [0.29, 0.717) is 0 Å². The fourth-order valence-corrected chi connectivity index (χ4v) is 8.64. The van der Waals surface area contributed by atoms with Crippen molar-refractivity contribution < 1.29 is 184 Å². The van der Waals surface area contributed by atoms with Crippen molar-refractivity contribution in [2.45, 2.75) is 14.7 Å². The van der Waals surface area contributed by atoms with Crippen molar-refractivity contribution in [1.82, 2.24) is 0 Å². The maximum atomic E-state index is 13.9. The van der Waals surface area contributed by atoms with E-state index in [1.165, 1.54) is 87.0 Å². The first kappa shape index (κ1) is 62.6. The Morgan fingerprint density at radius 3 is 1.75 bits per heavy atom. The fraction of sp³-hybridized carbons (Fsp3) is 0.0500. The van der Waals surface area contributed by atoms with Crippen LogP contribution in [0.3, 0.4) is 0 Å². The van der Waals surface area contributed by atoms with E-state index >= 15 is 0 Å². The van der Waals surface area contributed by atoms with Gasteiger partial charge in [-0.1, -0.05) is 24.3 Å². The number of Topliss-reactive ketones (excluding diaryl/α,β-unsaturated/α-hetero) is 1. The first-order valence-corrected chi connectivity index (χ1v) is 24.2. The minimum Gasteiger partial charge on any atom is -0.744 e. The van der Waals surface area contributed by atoms with Gasteiger partial charge in [0.2, 0.25) is 5.78 Å². The van der Waals surface area contributed by atoms with E-state index in [-0.39, 0.29) is 197 Å². The summed E-state index contributed by atoms with van der Waals surface area (Å²) < 4.78 is 155. The molecule has 0 aliphatic heterocycles. The number of hydrogen-bond donors (Lipinski definition) is 2. The zero-order valence-corrected chi connectivity index (χ0v) is 49.6. The van der Waals surface area contributed by atoms with Gasteiger partial charge in [0.15, 0.2) is 0 Å². The summed E-state index contributed by atoms with van der Waals surface area (Å²) in [7, 11) is -17.8. The molecule has 32 heteroatoms. The van der Waals surface area contributed by atoms with Gasteiger partial charge in [-0.05, 0) is 72.8 Å². The van der Waals surface area contributed by atoms with Crippen molar-refractivity contribution in [2.75, 3.05) is 25.4 Å². The molecule has 3 N–H and O–H groups in total. The van der Waals surface area contributed by atoms with Crippen LogP contribution in [-0.2, 0) is 40.5 Å². The Hall–Kier alpha value is -3.70. The molecule has 6 aromatic carbocycles. The van der Waals surface area contributed by atoms with E-state index in [2.05, 4.69) is 41.2 Å². The molecular weight excluding hydrogens is 1070 g/mol. The molecule has 0 saturated carbocycles. The average Bonchev–Trinajstić information content (AvgIpc) is 3.28. The van der Waals surface area contributed by atoms with Crippen molar-refractivity contribution in [2.24, 2.45) is 35.8 Å². The van der Waals surface area contributed by atoms with Crippen LogP contribution < -0.4 is 139 Å². The van der Waals surface area contributed by atoms with Gasteiger partial charge in [-0.15, -0.1) is 25.6 Å². The summed E-state index contributed by atoms with van der Waals surface area (Å²) in [6.45, 7) is 0. The third-order valence-corrected chi connectivity index (χ3v) is 12.9. The monoisotopic (exact) mass is 1090 g/mol. The van der Waals surface area contributed by atoms with Crippen LogP contribution in [0.4, 0.5) is 45.5 Å². The van der Waals surface area contributed by atoms with Crippen LogP contribution in [-0.4, -0.2) is 77.6 Å². The number of nitrogens with one attached hydrogen (secondary N) is 1.